The number of carbonyl (C=O) groups excluding carboxylic acids is 1. The Kier molecular flexibility index (Phi) is 4.15. The van der Waals surface area contributed by atoms with Crippen molar-refractivity contribution in [2.24, 2.45) is 5.84 Å². The topological polar surface area (TPSA) is 64.3 Å². The van der Waals surface area contributed by atoms with Gasteiger partial charge in [-0.2, -0.15) is 0 Å². The van der Waals surface area contributed by atoms with Gasteiger partial charge in [-0.15, -0.1) is 0 Å². The molecule has 0 aliphatic carbocycles. The van der Waals surface area contributed by atoms with E-state index < -0.39 is 5.92 Å². The van der Waals surface area contributed by atoms with E-state index in [1.165, 1.54) is 0 Å². The zero-order valence-corrected chi connectivity index (χ0v) is 10.3. The van der Waals surface area contributed by atoms with Gasteiger partial charge < -0.3 is 4.74 Å². The highest BCUT2D eigenvalue weighted by Gasteiger charge is 2.20. The predicted octanol–water partition coefficient (Wildman–Crippen LogP) is 1.75. The molecule has 0 radical (unpaired) electrons. The molecule has 0 aliphatic rings. The van der Waals surface area contributed by atoms with Crippen LogP contribution in [0.4, 0.5) is 0 Å². The summed E-state index contributed by atoms with van der Waals surface area (Å²) in [5.74, 6) is 5.09. The first-order valence-electron chi connectivity index (χ1n) is 4.85. The molecule has 0 fully saturated rings. The summed E-state index contributed by atoms with van der Waals surface area (Å²) < 4.78 is 5.27. The lowest BCUT2D eigenvalue weighted by atomic mass is 9.97. The fraction of sp³-hybridized carbons (Fsp3) is 0.364. The number of nitrogens with two attached hydrogens (primary N) is 1. The van der Waals surface area contributed by atoms with E-state index in [1.54, 1.807) is 26.2 Å². The molecule has 16 heavy (non-hydrogen) atoms. The lowest BCUT2D eigenvalue weighted by Crippen LogP contribution is -2.33. The third kappa shape index (κ3) is 2.46. The molecular weight excluding hydrogens is 228 g/mol. The van der Waals surface area contributed by atoms with Crippen LogP contribution in [0.3, 0.4) is 0 Å². The minimum absolute atomic E-state index is 0.278. The lowest BCUT2D eigenvalue weighted by Gasteiger charge is -2.16. The molecule has 4 nitrogen and oxygen atoms in total. The maximum Gasteiger partial charge on any atom is 0.241 e. The molecule has 1 aromatic rings. The van der Waals surface area contributed by atoms with Crippen LogP contribution < -0.4 is 16.0 Å². The van der Waals surface area contributed by atoms with Gasteiger partial charge in [0.2, 0.25) is 5.91 Å². The molecule has 1 aromatic carbocycles. The van der Waals surface area contributed by atoms with Gasteiger partial charge in [-0.3, -0.25) is 10.2 Å². The Bertz CT molecular complexity index is 407. The molecule has 1 unspecified atom stereocenters. The number of ether oxygens (including phenoxy) is 1. The second-order valence-electron chi connectivity index (χ2n) is 3.58. The van der Waals surface area contributed by atoms with Gasteiger partial charge in [0.15, 0.2) is 0 Å². The summed E-state index contributed by atoms with van der Waals surface area (Å²) in [7, 11) is 1.56. The monoisotopic (exact) mass is 242 g/mol. The maximum atomic E-state index is 11.5. The van der Waals surface area contributed by atoms with Crippen LogP contribution in [0.5, 0.6) is 5.75 Å². The standard InChI is InChI=1S/C11H15ClN2O2/c1-6-4-8(12)5-9(10(6)16-3)7(2)11(15)14-13/h4-5,7H,13H2,1-3H3,(H,14,15). The van der Waals surface area contributed by atoms with Gasteiger partial charge in [0.25, 0.3) is 0 Å². The largest absolute Gasteiger partial charge is 0.496 e. The molecule has 0 saturated carbocycles. The Morgan fingerprint density at radius 2 is 2.19 bits per heavy atom. The number of nitrogens with one attached hydrogen (secondary N) is 1. The van der Waals surface area contributed by atoms with Crippen LogP contribution in [0.1, 0.15) is 24.0 Å². The van der Waals surface area contributed by atoms with Crippen LogP contribution in [-0.2, 0) is 4.79 Å². The van der Waals surface area contributed by atoms with Gasteiger partial charge >= 0.3 is 0 Å². The molecule has 0 spiro atoms. The van der Waals surface area contributed by atoms with E-state index in [-0.39, 0.29) is 5.91 Å². The number of hydrogen-bond acceptors (Lipinski definition) is 3. The number of hydrazine groups is 1. The van der Waals surface area contributed by atoms with Gasteiger partial charge in [0.05, 0.1) is 13.0 Å². The quantitative estimate of drug-likeness (QED) is 0.482. The number of halogens is 1. The van der Waals surface area contributed by atoms with Crippen molar-refractivity contribution in [1.29, 1.82) is 0 Å². The highest BCUT2D eigenvalue weighted by atomic mass is 35.5. The smallest absolute Gasteiger partial charge is 0.241 e. The van der Waals surface area contributed by atoms with Crippen LogP contribution in [0.2, 0.25) is 5.02 Å². The first-order chi connectivity index (χ1) is 7.51. The van der Waals surface area contributed by atoms with E-state index in [9.17, 15) is 4.79 Å². The first-order valence-corrected chi connectivity index (χ1v) is 5.23. The number of benzene rings is 1. The Hall–Kier alpha value is -1.26. The molecule has 88 valence electrons. The number of rotatable bonds is 3. The van der Waals surface area contributed by atoms with Crippen LogP contribution in [0.15, 0.2) is 12.1 Å². The highest BCUT2D eigenvalue weighted by Crippen LogP contribution is 2.32. The molecule has 0 heterocycles. The van der Waals surface area contributed by atoms with Crippen molar-refractivity contribution in [3.05, 3.63) is 28.3 Å². The van der Waals surface area contributed by atoms with E-state index >= 15 is 0 Å². The molecule has 1 rings (SSSR count). The zero-order chi connectivity index (χ0) is 12.3. The van der Waals surface area contributed by atoms with E-state index in [2.05, 4.69) is 5.43 Å². The van der Waals surface area contributed by atoms with Gasteiger partial charge in [-0.1, -0.05) is 11.6 Å². The lowest BCUT2D eigenvalue weighted by molar-refractivity contribution is -0.122. The van der Waals surface area contributed by atoms with Crippen LogP contribution in [0, 0.1) is 6.92 Å². The summed E-state index contributed by atoms with van der Waals surface area (Å²) in [4.78, 5) is 11.5. The number of hydrogen-bond donors (Lipinski definition) is 2. The average Bonchev–Trinajstić information content (AvgIpc) is 2.26. The normalized spacial score (nSPS) is 12.1. The van der Waals surface area contributed by atoms with Crippen molar-refractivity contribution in [3.8, 4) is 5.75 Å². The van der Waals surface area contributed by atoms with E-state index in [1.807, 2.05) is 6.92 Å². The average molecular weight is 243 g/mol. The van der Waals surface area contributed by atoms with Crippen molar-refractivity contribution in [2.45, 2.75) is 19.8 Å². The second kappa shape index (κ2) is 5.18. The van der Waals surface area contributed by atoms with Crippen molar-refractivity contribution in [2.75, 3.05) is 7.11 Å². The third-order valence-electron chi connectivity index (χ3n) is 2.47. The summed E-state index contributed by atoms with van der Waals surface area (Å²) in [6, 6.07) is 3.50. The molecule has 1 amide bonds. The number of aryl methyl sites for hydroxylation is 1. The molecule has 5 heteroatoms. The van der Waals surface area contributed by atoms with Crippen molar-refractivity contribution >= 4 is 17.5 Å². The van der Waals surface area contributed by atoms with Crippen molar-refractivity contribution < 1.29 is 9.53 Å². The van der Waals surface area contributed by atoms with Crippen LogP contribution >= 0.6 is 11.6 Å². The fourth-order valence-electron chi connectivity index (χ4n) is 1.62. The van der Waals surface area contributed by atoms with Gasteiger partial charge in [-0.05, 0) is 31.5 Å². The summed E-state index contributed by atoms with van der Waals surface area (Å²) in [6.07, 6.45) is 0. The molecule has 0 aromatic heterocycles. The molecule has 0 aliphatic heterocycles. The number of amides is 1. The summed E-state index contributed by atoms with van der Waals surface area (Å²) in [5.41, 5.74) is 3.74. The fourth-order valence-corrected chi connectivity index (χ4v) is 1.90. The van der Waals surface area contributed by atoms with E-state index in [0.717, 1.165) is 11.1 Å². The maximum absolute atomic E-state index is 11.5. The number of methoxy groups -OCH3 is 1. The molecule has 1 atom stereocenters. The minimum Gasteiger partial charge on any atom is -0.496 e. The van der Waals surface area contributed by atoms with Crippen molar-refractivity contribution in [3.63, 3.8) is 0 Å². The Balaban J connectivity index is 3.25. The summed E-state index contributed by atoms with van der Waals surface area (Å²) in [6.45, 7) is 3.62. The SMILES string of the molecule is COc1c(C)cc(Cl)cc1C(C)C(=O)NN. The molecule has 0 saturated heterocycles. The van der Waals surface area contributed by atoms with Gasteiger partial charge in [0, 0.05) is 10.6 Å². The minimum atomic E-state index is -0.405. The third-order valence-corrected chi connectivity index (χ3v) is 2.69. The van der Waals surface area contributed by atoms with Crippen LogP contribution in [-0.4, -0.2) is 13.0 Å². The summed E-state index contributed by atoms with van der Waals surface area (Å²) in [5, 5.41) is 0.574. The Morgan fingerprint density at radius 3 is 2.69 bits per heavy atom. The predicted molar refractivity (Wildman–Crippen MR) is 63.5 cm³/mol. The molecule has 3 N–H and O–H groups in total. The molecule has 0 bridgehead atoms. The Labute approximate surface area is 99.7 Å². The van der Waals surface area contributed by atoms with Gasteiger partial charge in [-0.25, -0.2) is 5.84 Å². The van der Waals surface area contributed by atoms with Gasteiger partial charge in [0.1, 0.15) is 5.75 Å². The Morgan fingerprint density at radius 1 is 1.56 bits per heavy atom. The number of carbonyl (C=O) groups is 1. The first kappa shape index (κ1) is 12.8. The van der Waals surface area contributed by atoms with Crippen LogP contribution in [0.25, 0.3) is 0 Å². The van der Waals surface area contributed by atoms with E-state index in [0.29, 0.717) is 10.8 Å². The zero-order valence-electron chi connectivity index (χ0n) is 9.50. The molecular formula is C11H15ClN2O2. The van der Waals surface area contributed by atoms with Crippen molar-refractivity contribution in [1.82, 2.24) is 5.43 Å². The highest BCUT2D eigenvalue weighted by molar-refractivity contribution is 6.30. The summed E-state index contributed by atoms with van der Waals surface area (Å²) >= 11 is 5.95. The van der Waals surface area contributed by atoms with E-state index in [4.69, 9.17) is 22.2 Å². The second-order valence-corrected chi connectivity index (χ2v) is 4.01.